The predicted octanol–water partition coefficient (Wildman–Crippen LogP) is 3.28. The van der Waals surface area contributed by atoms with Crippen LogP contribution in [-0.4, -0.2) is 43.5 Å². The van der Waals surface area contributed by atoms with Crippen LogP contribution in [0.25, 0.3) is 11.1 Å². The average molecular weight is 380 g/mol. The quantitative estimate of drug-likeness (QED) is 0.837. The molecule has 148 valence electrons. The van der Waals surface area contributed by atoms with E-state index in [4.69, 9.17) is 4.74 Å². The number of benzene rings is 2. The molecule has 2 aromatic carbocycles. The van der Waals surface area contributed by atoms with E-state index in [0.29, 0.717) is 32.5 Å². The number of rotatable bonds is 6. The van der Waals surface area contributed by atoms with Gasteiger partial charge in [0.1, 0.15) is 5.75 Å². The lowest BCUT2D eigenvalue weighted by molar-refractivity contribution is -0.132. The van der Waals surface area contributed by atoms with Gasteiger partial charge in [-0.25, -0.2) is 0 Å². The van der Waals surface area contributed by atoms with Crippen molar-refractivity contribution in [2.75, 3.05) is 26.7 Å². The van der Waals surface area contributed by atoms with Gasteiger partial charge in [-0.15, -0.1) is 0 Å². The van der Waals surface area contributed by atoms with Crippen LogP contribution in [0.4, 0.5) is 0 Å². The second-order valence-corrected chi connectivity index (χ2v) is 7.21. The van der Waals surface area contributed by atoms with Gasteiger partial charge < -0.3 is 15.0 Å². The van der Waals surface area contributed by atoms with Crippen LogP contribution in [0.15, 0.2) is 48.5 Å². The molecule has 1 aliphatic heterocycles. The second kappa shape index (κ2) is 9.40. The molecule has 0 spiro atoms. The summed E-state index contributed by atoms with van der Waals surface area (Å²) in [5.74, 6) is 0.793. The fourth-order valence-corrected chi connectivity index (χ4v) is 3.56. The lowest BCUT2D eigenvalue weighted by Crippen LogP contribution is -2.37. The Hall–Kier alpha value is -2.82. The van der Waals surface area contributed by atoms with E-state index >= 15 is 0 Å². The zero-order valence-corrected chi connectivity index (χ0v) is 16.6. The first kappa shape index (κ1) is 19.9. The molecule has 1 N–H and O–H groups in total. The largest absolute Gasteiger partial charge is 0.497 e. The van der Waals surface area contributed by atoms with Gasteiger partial charge in [-0.3, -0.25) is 9.59 Å². The monoisotopic (exact) mass is 380 g/mol. The summed E-state index contributed by atoms with van der Waals surface area (Å²) in [6, 6.07) is 16.2. The highest BCUT2D eigenvalue weighted by atomic mass is 16.5. The van der Waals surface area contributed by atoms with E-state index in [1.165, 1.54) is 0 Å². The van der Waals surface area contributed by atoms with E-state index in [0.717, 1.165) is 28.9 Å². The van der Waals surface area contributed by atoms with Gasteiger partial charge in [-0.1, -0.05) is 43.3 Å². The fraction of sp³-hybridized carbons (Fsp3) is 0.391. The van der Waals surface area contributed by atoms with E-state index in [1.807, 2.05) is 36.1 Å². The van der Waals surface area contributed by atoms with Crippen LogP contribution in [0.5, 0.6) is 5.75 Å². The maximum absolute atomic E-state index is 12.4. The summed E-state index contributed by atoms with van der Waals surface area (Å²) in [4.78, 5) is 26.5. The highest BCUT2D eigenvalue weighted by molar-refractivity contribution is 5.82. The minimum absolute atomic E-state index is 0.0334. The van der Waals surface area contributed by atoms with Gasteiger partial charge in [0.05, 0.1) is 13.0 Å². The standard InChI is InChI=1S/C23H28N2O3/c1-3-4-22(26)25-14-13-24-23(27)20(16-25)15-17-5-7-18(8-6-17)19-9-11-21(28-2)12-10-19/h5-12,20H,3-4,13-16H2,1-2H3,(H,24,27)/t20-/m1/s1. The summed E-state index contributed by atoms with van der Waals surface area (Å²) in [7, 11) is 1.66. The van der Waals surface area contributed by atoms with Crippen LogP contribution in [0.2, 0.25) is 0 Å². The van der Waals surface area contributed by atoms with Gasteiger partial charge >= 0.3 is 0 Å². The molecule has 1 atom stereocenters. The maximum atomic E-state index is 12.4. The molecule has 1 fully saturated rings. The zero-order chi connectivity index (χ0) is 19.9. The molecule has 1 aliphatic rings. The zero-order valence-electron chi connectivity index (χ0n) is 16.6. The summed E-state index contributed by atoms with van der Waals surface area (Å²) >= 11 is 0. The molecular weight excluding hydrogens is 352 g/mol. The SMILES string of the molecule is CCCC(=O)N1CCNC(=O)[C@H](Cc2ccc(-c3ccc(OC)cc3)cc2)C1. The van der Waals surface area contributed by atoms with E-state index in [-0.39, 0.29) is 17.7 Å². The maximum Gasteiger partial charge on any atom is 0.225 e. The van der Waals surface area contributed by atoms with E-state index in [9.17, 15) is 9.59 Å². The Bertz CT molecular complexity index is 800. The Morgan fingerprint density at radius 1 is 1.11 bits per heavy atom. The van der Waals surface area contributed by atoms with Crippen molar-refractivity contribution in [1.82, 2.24) is 10.2 Å². The Balaban J connectivity index is 1.68. The molecule has 5 heteroatoms. The molecule has 5 nitrogen and oxygen atoms in total. The number of methoxy groups -OCH3 is 1. The Morgan fingerprint density at radius 3 is 2.36 bits per heavy atom. The number of nitrogens with zero attached hydrogens (tertiary/aromatic N) is 1. The second-order valence-electron chi connectivity index (χ2n) is 7.21. The number of amides is 2. The molecule has 0 aliphatic carbocycles. The van der Waals surface area contributed by atoms with E-state index in [1.54, 1.807) is 7.11 Å². The third-order valence-electron chi connectivity index (χ3n) is 5.17. The van der Waals surface area contributed by atoms with Crippen molar-refractivity contribution >= 4 is 11.8 Å². The van der Waals surface area contributed by atoms with Crippen molar-refractivity contribution in [1.29, 1.82) is 0 Å². The summed E-state index contributed by atoms with van der Waals surface area (Å²) < 4.78 is 5.20. The Labute approximate surface area is 166 Å². The van der Waals surface area contributed by atoms with Crippen LogP contribution in [0.1, 0.15) is 25.3 Å². The van der Waals surface area contributed by atoms with Crippen LogP contribution in [0, 0.1) is 5.92 Å². The summed E-state index contributed by atoms with van der Waals surface area (Å²) in [6.07, 6.45) is 2.00. The fourth-order valence-electron chi connectivity index (χ4n) is 3.56. The first-order chi connectivity index (χ1) is 13.6. The topological polar surface area (TPSA) is 58.6 Å². The van der Waals surface area contributed by atoms with Gasteiger partial charge in [0, 0.05) is 26.1 Å². The number of nitrogens with one attached hydrogen (secondary N) is 1. The molecule has 0 bridgehead atoms. The molecule has 1 saturated heterocycles. The lowest BCUT2D eigenvalue weighted by atomic mass is 9.96. The minimum Gasteiger partial charge on any atom is -0.497 e. The molecule has 0 aromatic heterocycles. The average Bonchev–Trinajstić information content (AvgIpc) is 2.90. The molecular formula is C23H28N2O3. The van der Waals surface area contributed by atoms with Crippen LogP contribution in [-0.2, 0) is 16.0 Å². The van der Waals surface area contributed by atoms with Crippen molar-refractivity contribution in [3.05, 3.63) is 54.1 Å². The third-order valence-corrected chi connectivity index (χ3v) is 5.17. The molecule has 2 amide bonds. The predicted molar refractivity (Wildman–Crippen MR) is 110 cm³/mol. The van der Waals surface area contributed by atoms with Crippen LogP contribution in [0.3, 0.4) is 0 Å². The van der Waals surface area contributed by atoms with Crippen molar-refractivity contribution in [3.63, 3.8) is 0 Å². The molecule has 0 radical (unpaired) electrons. The minimum atomic E-state index is -0.213. The van der Waals surface area contributed by atoms with Crippen molar-refractivity contribution < 1.29 is 14.3 Å². The number of hydrogen-bond donors (Lipinski definition) is 1. The van der Waals surface area contributed by atoms with Crippen LogP contribution < -0.4 is 10.1 Å². The van der Waals surface area contributed by atoms with Crippen molar-refractivity contribution in [2.24, 2.45) is 5.92 Å². The first-order valence-corrected chi connectivity index (χ1v) is 9.89. The van der Waals surface area contributed by atoms with E-state index in [2.05, 4.69) is 29.6 Å². The van der Waals surface area contributed by atoms with Gasteiger partial charge in [-0.2, -0.15) is 0 Å². The highest BCUT2D eigenvalue weighted by Gasteiger charge is 2.27. The Kier molecular flexibility index (Phi) is 6.69. The normalized spacial score (nSPS) is 17.0. The number of ether oxygens (including phenoxy) is 1. The number of carbonyl (C=O) groups is 2. The van der Waals surface area contributed by atoms with Gasteiger partial charge in [0.2, 0.25) is 11.8 Å². The number of hydrogen-bond acceptors (Lipinski definition) is 3. The molecule has 3 rings (SSSR count). The number of carbonyl (C=O) groups excluding carboxylic acids is 2. The van der Waals surface area contributed by atoms with E-state index < -0.39 is 0 Å². The molecule has 2 aromatic rings. The molecule has 0 saturated carbocycles. The van der Waals surface area contributed by atoms with Gasteiger partial charge in [-0.05, 0) is 41.7 Å². The van der Waals surface area contributed by atoms with Crippen molar-refractivity contribution in [3.8, 4) is 16.9 Å². The molecule has 28 heavy (non-hydrogen) atoms. The van der Waals surface area contributed by atoms with Crippen LogP contribution >= 0.6 is 0 Å². The first-order valence-electron chi connectivity index (χ1n) is 9.89. The van der Waals surface area contributed by atoms with Gasteiger partial charge in [0.25, 0.3) is 0 Å². The Morgan fingerprint density at radius 2 is 1.75 bits per heavy atom. The summed E-state index contributed by atoms with van der Waals surface area (Å²) in [5.41, 5.74) is 3.34. The highest BCUT2D eigenvalue weighted by Crippen LogP contribution is 2.24. The summed E-state index contributed by atoms with van der Waals surface area (Å²) in [6.45, 7) is 3.62. The molecule has 0 unspecified atom stereocenters. The summed E-state index contributed by atoms with van der Waals surface area (Å²) in [5, 5.41) is 2.95. The van der Waals surface area contributed by atoms with Gasteiger partial charge in [0.15, 0.2) is 0 Å². The lowest BCUT2D eigenvalue weighted by Gasteiger charge is -2.23. The van der Waals surface area contributed by atoms with Crippen molar-refractivity contribution in [2.45, 2.75) is 26.2 Å². The third kappa shape index (κ3) is 4.91. The smallest absolute Gasteiger partial charge is 0.225 e. The molecule has 1 heterocycles.